The first-order chi connectivity index (χ1) is 14.6. The summed E-state index contributed by atoms with van der Waals surface area (Å²) in [5, 5.41) is 10.7. The maximum absolute atomic E-state index is 13.3. The number of amides is 1. The van der Waals surface area contributed by atoms with Crippen molar-refractivity contribution < 1.29 is 18.0 Å². The third-order valence-electron chi connectivity index (χ3n) is 5.02. The van der Waals surface area contributed by atoms with E-state index in [1.165, 1.54) is 13.1 Å². The van der Waals surface area contributed by atoms with Gasteiger partial charge in [0.1, 0.15) is 6.04 Å². The van der Waals surface area contributed by atoms with Crippen LogP contribution < -0.4 is 5.32 Å². The Bertz CT molecular complexity index is 1100. The van der Waals surface area contributed by atoms with Gasteiger partial charge in [0, 0.05) is 17.1 Å². The van der Waals surface area contributed by atoms with Gasteiger partial charge in [-0.1, -0.05) is 35.3 Å². The highest BCUT2D eigenvalue weighted by atomic mass is 35.5. The quantitative estimate of drug-likeness (QED) is 0.513. The third-order valence-corrected chi connectivity index (χ3v) is 5.65. The molecule has 1 saturated carbocycles. The lowest BCUT2D eigenvalue weighted by Gasteiger charge is -2.15. The highest BCUT2D eigenvalue weighted by Crippen LogP contribution is 2.47. The van der Waals surface area contributed by atoms with Crippen molar-refractivity contribution in [2.75, 3.05) is 5.32 Å². The molecule has 1 N–H and O–H groups in total. The highest BCUT2D eigenvalue weighted by molar-refractivity contribution is 6.32. The maximum Gasteiger partial charge on any atom is 0.436 e. The van der Waals surface area contributed by atoms with Crippen LogP contribution in [0.25, 0.3) is 0 Å². The molecular formula is C20H18Cl2F3N5O. The van der Waals surface area contributed by atoms with E-state index in [0.717, 1.165) is 10.2 Å². The second kappa shape index (κ2) is 8.20. The molecule has 0 aliphatic heterocycles. The average Bonchev–Trinajstić information content (AvgIpc) is 3.34. The zero-order valence-corrected chi connectivity index (χ0v) is 17.8. The van der Waals surface area contributed by atoms with Gasteiger partial charge in [-0.2, -0.15) is 23.4 Å². The number of rotatable bonds is 6. The summed E-state index contributed by atoms with van der Waals surface area (Å²) < 4.78 is 42.5. The lowest BCUT2D eigenvalue weighted by atomic mass is 10.2. The topological polar surface area (TPSA) is 64.7 Å². The fraction of sp³-hybridized carbons (Fsp3) is 0.350. The van der Waals surface area contributed by atoms with Crippen molar-refractivity contribution in [3.05, 3.63) is 63.7 Å². The number of aromatic nitrogens is 4. The van der Waals surface area contributed by atoms with Crippen molar-refractivity contribution in [3.8, 4) is 0 Å². The summed E-state index contributed by atoms with van der Waals surface area (Å²) in [4.78, 5) is 12.7. The molecule has 4 rings (SSSR count). The van der Waals surface area contributed by atoms with Crippen LogP contribution in [0.5, 0.6) is 0 Å². The lowest BCUT2D eigenvalue weighted by Crippen LogP contribution is -2.26. The second-order valence-electron chi connectivity index (χ2n) is 7.48. The van der Waals surface area contributed by atoms with Crippen LogP contribution in [0.15, 0.2) is 36.7 Å². The summed E-state index contributed by atoms with van der Waals surface area (Å²) in [5.74, 6) is -0.630. The van der Waals surface area contributed by atoms with Crippen LogP contribution in [0.2, 0.25) is 10.0 Å². The zero-order chi connectivity index (χ0) is 22.3. The van der Waals surface area contributed by atoms with Crippen LogP contribution in [0.1, 0.15) is 48.7 Å². The van der Waals surface area contributed by atoms with E-state index in [9.17, 15) is 18.0 Å². The number of nitrogens with one attached hydrogen (secondary N) is 1. The van der Waals surface area contributed by atoms with E-state index in [2.05, 4.69) is 15.5 Å². The summed E-state index contributed by atoms with van der Waals surface area (Å²) in [7, 11) is 0. The molecule has 1 amide bonds. The second-order valence-corrected chi connectivity index (χ2v) is 8.30. The Kier molecular flexibility index (Phi) is 5.74. The van der Waals surface area contributed by atoms with Gasteiger partial charge in [0.15, 0.2) is 5.69 Å². The minimum absolute atomic E-state index is 0.117. The molecule has 1 atom stereocenters. The first-order valence-corrected chi connectivity index (χ1v) is 10.3. The van der Waals surface area contributed by atoms with Gasteiger partial charge in [-0.05, 0) is 37.5 Å². The van der Waals surface area contributed by atoms with Crippen molar-refractivity contribution in [1.82, 2.24) is 19.6 Å². The van der Waals surface area contributed by atoms with E-state index in [-0.39, 0.29) is 11.6 Å². The number of carbonyl (C=O) groups excluding carboxylic acids is 1. The normalized spacial score (nSPS) is 15.2. The molecule has 6 nitrogen and oxygen atoms in total. The molecule has 0 radical (unpaired) electrons. The molecule has 2 aromatic heterocycles. The number of anilines is 1. The summed E-state index contributed by atoms with van der Waals surface area (Å²) >= 11 is 11.9. The molecule has 2 heterocycles. The fourth-order valence-corrected chi connectivity index (χ4v) is 3.79. The molecule has 1 aromatic carbocycles. The summed E-state index contributed by atoms with van der Waals surface area (Å²) in [5.41, 5.74) is 0.494. The van der Waals surface area contributed by atoms with E-state index in [1.54, 1.807) is 23.0 Å². The molecule has 164 valence electrons. The maximum atomic E-state index is 13.3. The molecule has 31 heavy (non-hydrogen) atoms. The minimum atomic E-state index is -4.69. The first kappa shape index (κ1) is 21.7. The Hall–Kier alpha value is -2.52. The largest absolute Gasteiger partial charge is 0.436 e. The van der Waals surface area contributed by atoms with Crippen LogP contribution in [0.4, 0.5) is 18.9 Å². The van der Waals surface area contributed by atoms with Crippen LogP contribution in [-0.4, -0.2) is 25.5 Å². The number of hydrogen-bond acceptors (Lipinski definition) is 3. The van der Waals surface area contributed by atoms with Crippen LogP contribution in [-0.2, 0) is 17.5 Å². The summed E-state index contributed by atoms with van der Waals surface area (Å²) in [6.45, 7) is 1.96. The lowest BCUT2D eigenvalue weighted by molar-refractivity contribution is -0.141. The highest BCUT2D eigenvalue weighted by Gasteiger charge is 2.43. The van der Waals surface area contributed by atoms with E-state index in [0.29, 0.717) is 30.1 Å². The van der Waals surface area contributed by atoms with Crippen molar-refractivity contribution >= 4 is 34.8 Å². The van der Waals surface area contributed by atoms with Crippen molar-refractivity contribution in [2.24, 2.45) is 0 Å². The number of alkyl halides is 3. The molecule has 11 heteroatoms. The molecule has 1 aliphatic rings. The molecule has 1 unspecified atom stereocenters. The molecule has 1 aliphatic carbocycles. The first-order valence-electron chi connectivity index (χ1n) is 9.56. The Morgan fingerprint density at radius 2 is 1.94 bits per heavy atom. The molecule has 3 aromatic rings. The Morgan fingerprint density at radius 1 is 1.26 bits per heavy atom. The van der Waals surface area contributed by atoms with E-state index in [4.69, 9.17) is 23.2 Å². The fourth-order valence-electron chi connectivity index (χ4n) is 3.28. The standard InChI is InChI=1S/C20H18Cl2F3N5O/c1-11(30-17(13-4-5-13)16(22)18(28-30)20(23,24)25)19(31)27-15-8-26-29(10-15)9-12-2-6-14(21)7-3-12/h2-3,6-8,10-11,13H,4-5,9H2,1H3,(H,27,31). The average molecular weight is 472 g/mol. The number of hydrogen-bond donors (Lipinski definition) is 1. The molecule has 1 fully saturated rings. The van der Waals surface area contributed by atoms with Gasteiger partial charge in [0.2, 0.25) is 5.91 Å². The smallest absolute Gasteiger partial charge is 0.322 e. The summed E-state index contributed by atoms with van der Waals surface area (Å²) in [6.07, 6.45) is -0.147. The van der Waals surface area contributed by atoms with Crippen LogP contribution in [0.3, 0.4) is 0 Å². The van der Waals surface area contributed by atoms with Crippen molar-refractivity contribution in [3.63, 3.8) is 0 Å². The Balaban J connectivity index is 1.49. The molecule has 0 saturated heterocycles. The molecule has 0 spiro atoms. The summed E-state index contributed by atoms with van der Waals surface area (Å²) in [6, 6.07) is 6.29. The van der Waals surface area contributed by atoms with Gasteiger partial charge < -0.3 is 5.32 Å². The predicted molar refractivity (Wildman–Crippen MR) is 110 cm³/mol. The SMILES string of the molecule is CC(C(=O)Nc1cnn(Cc2ccc(Cl)cc2)c1)n1nc(C(F)(F)F)c(Cl)c1C1CC1. The minimum Gasteiger partial charge on any atom is -0.322 e. The van der Waals surface area contributed by atoms with Crippen LogP contribution in [0, 0.1) is 0 Å². The van der Waals surface area contributed by atoms with Crippen molar-refractivity contribution in [1.29, 1.82) is 0 Å². The van der Waals surface area contributed by atoms with Gasteiger partial charge >= 0.3 is 6.18 Å². The Labute approximate surface area is 185 Å². The van der Waals surface area contributed by atoms with Crippen molar-refractivity contribution in [2.45, 2.75) is 44.4 Å². The number of benzene rings is 1. The van der Waals surface area contributed by atoms with Gasteiger partial charge in [-0.15, -0.1) is 0 Å². The molecular weight excluding hydrogens is 454 g/mol. The number of carbonyl (C=O) groups is 1. The monoisotopic (exact) mass is 471 g/mol. The third kappa shape index (κ3) is 4.72. The zero-order valence-electron chi connectivity index (χ0n) is 16.3. The van der Waals surface area contributed by atoms with Gasteiger partial charge in [-0.3, -0.25) is 14.2 Å². The van der Waals surface area contributed by atoms with E-state index in [1.807, 2.05) is 12.1 Å². The van der Waals surface area contributed by atoms with E-state index < -0.39 is 28.8 Å². The van der Waals surface area contributed by atoms with Gasteiger partial charge in [0.25, 0.3) is 0 Å². The predicted octanol–water partition coefficient (Wildman–Crippen LogP) is 5.53. The number of halogens is 5. The van der Waals surface area contributed by atoms with Gasteiger partial charge in [0.05, 0.1) is 29.1 Å². The Morgan fingerprint density at radius 3 is 2.55 bits per heavy atom. The van der Waals surface area contributed by atoms with E-state index >= 15 is 0 Å². The number of nitrogens with zero attached hydrogens (tertiary/aromatic N) is 4. The van der Waals surface area contributed by atoms with Gasteiger partial charge in [-0.25, -0.2) is 0 Å². The molecule has 0 bridgehead atoms. The van der Waals surface area contributed by atoms with Crippen LogP contribution >= 0.6 is 23.2 Å².